The van der Waals surface area contributed by atoms with Crippen LogP contribution in [-0.4, -0.2) is 20.9 Å². The lowest BCUT2D eigenvalue weighted by Gasteiger charge is -2.03. The maximum Gasteiger partial charge on any atom is 0.343 e. The summed E-state index contributed by atoms with van der Waals surface area (Å²) in [6.45, 7) is 0. The van der Waals surface area contributed by atoms with E-state index in [0.29, 0.717) is 11.3 Å². The van der Waals surface area contributed by atoms with E-state index in [1.54, 1.807) is 48.5 Å². The second-order valence-electron chi connectivity index (χ2n) is 6.61. The topological polar surface area (TPSA) is 105 Å². The van der Waals surface area contributed by atoms with Crippen molar-refractivity contribution in [2.45, 2.75) is 0 Å². The fraction of sp³-hybridized carbons (Fsp3) is 0. The third-order valence-electron chi connectivity index (χ3n) is 4.37. The predicted molar refractivity (Wildman–Crippen MR) is 116 cm³/mol. The smallest absolute Gasteiger partial charge is 0.343 e. The van der Waals surface area contributed by atoms with Gasteiger partial charge in [-0.2, -0.15) is 0 Å². The number of ether oxygens (including phenoxy) is 1. The maximum atomic E-state index is 12.4. The number of aromatic nitrogens is 3. The van der Waals surface area contributed by atoms with Crippen molar-refractivity contribution in [3.8, 4) is 5.75 Å². The molecule has 0 aliphatic heterocycles. The summed E-state index contributed by atoms with van der Waals surface area (Å²) < 4.78 is 5.28. The number of pyridine rings is 1. The minimum Gasteiger partial charge on any atom is -0.421 e. The summed E-state index contributed by atoms with van der Waals surface area (Å²) in [5.74, 6) is -0.230. The first-order chi connectivity index (χ1) is 15.1. The third kappa shape index (κ3) is 4.91. The van der Waals surface area contributed by atoms with E-state index in [1.165, 1.54) is 12.3 Å². The van der Waals surface area contributed by atoms with Gasteiger partial charge in [-0.1, -0.05) is 48.5 Å². The number of nitrogens with zero attached hydrogens (tertiary/aromatic N) is 1. The van der Waals surface area contributed by atoms with E-state index < -0.39 is 17.1 Å². The lowest BCUT2D eigenvalue weighted by molar-refractivity contribution is 0.0734. The minimum absolute atomic E-state index is 0.0664. The van der Waals surface area contributed by atoms with Crippen LogP contribution < -0.4 is 26.6 Å². The van der Waals surface area contributed by atoms with Gasteiger partial charge in [-0.05, 0) is 42.0 Å². The highest BCUT2D eigenvalue weighted by Gasteiger charge is 2.07. The Hall–Kier alpha value is -4.52. The van der Waals surface area contributed by atoms with Crippen LogP contribution in [0.15, 0.2) is 88.6 Å². The number of hydrogen-bond acceptors (Lipinski definition) is 5. The van der Waals surface area contributed by atoms with Crippen LogP contribution in [0.2, 0.25) is 0 Å². The van der Waals surface area contributed by atoms with Crippen molar-refractivity contribution in [3.63, 3.8) is 0 Å². The number of aromatic amines is 2. The molecule has 0 amide bonds. The molecule has 0 saturated carbocycles. The Labute approximate surface area is 176 Å². The highest BCUT2D eigenvalue weighted by atomic mass is 16.5. The quantitative estimate of drug-likeness (QED) is 0.493. The van der Waals surface area contributed by atoms with Crippen molar-refractivity contribution in [1.82, 2.24) is 15.0 Å². The zero-order chi connectivity index (χ0) is 21.6. The number of carbonyl (C=O) groups excluding carboxylic acids is 1. The summed E-state index contributed by atoms with van der Waals surface area (Å²) in [5.41, 5.74) is 0.754. The van der Waals surface area contributed by atoms with Crippen LogP contribution >= 0.6 is 0 Å². The summed E-state index contributed by atoms with van der Waals surface area (Å²) in [7, 11) is 0. The summed E-state index contributed by atoms with van der Waals surface area (Å²) in [6.07, 6.45) is 4.41. The van der Waals surface area contributed by atoms with Gasteiger partial charge in [0.1, 0.15) is 16.4 Å². The first kappa shape index (κ1) is 19.8. The second kappa shape index (κ2) is 8.87. The molecule has 2 aromatic carbocycles. The first-order valence-electron chi connectivity index (χ1n) is 9.43. The molecule has 0 fully saturated rings. The van der Waals surface area contributed by atoms with Gasteiger partial charge in [-0.15, -0.1) is 0 Å². The Morgan fingerprint density at radius 2 is 1.39 bits per heavy atom. The van der Waals surface area contributed by atoms with Crippen LogP contribution in [0.25, 0.3) is 12.2 Å². The Morgan fingerprint density at radius 1 is 0.774 bits per heavy atom. The lowest BCUT2D eigenvalue weighted by Crippen LogP contribution is -2.46. The summed E-state index contributed by atoms with van der Waals surface area (Å²) in [6, 6.07) is 20.9. The molecular formula is C24H17N3O4. The van der Waals surface area contributed by atoms with E-state index in [4.69, 9.17) is 4.74 Å². The number of H-pyrrole nitrogens is 2. The molecule has 0 atom stereocenters. The molecule has 2 aromatic heterocycles. The van der Waals surface area contributed by atoms with Crippen LogP contribution in [0.5, 0.6) is 5.75 Å². The third-order valence-corrected chi connectivity index (χ3v) is 4.37. The maximum absolute atomic E-state index is 12.4. The number of hydrogen-bond donors (Lipinski definition) is 2. The molecule has 7 heteroatoms. The molecule has 0 radical (unpaired) electrons. The molecule has 7 nitrogen and oxygen atoms in total. The van der Waals surface area contributed by atoms with Gasteiger partial charge in [0.25, 0.3) is 11.1 Å². The van der Waals surface area contributed by atoms with Crippen molar-refractivity contribution >= 4 is 18.1 Å². The van der Waals surface area contributed by atoms with Crippen molar-refractivity contribution in [3.05, 3.63) is 127 Å². The highest BCUT2D eigenvalue weighted by molar-refractivity contribution is 5.90. The molecular weight excluding hydrogens is 394 g/mol. The molecule has 152 valence electrons. The van der Waals surface area contributed by atoms with Gasteiger partial charge in [0.05, 0.1) is 17.5 Å². The first-order valence-corrected chi connectivity index (χ1v) is 9.43. The van der Waals surface area contributed by atoms with Gasteiger partial charge in [0.2, 0.25) is 0 Å². The molecule has 31 heavy (non-hydrogen) atoms. The number of benzene rings is 2. The average molecular weight is 411 g/mol. The molecule has 0 bridgehead atoms. The molecule has 4 aromatic rings. The zero-order valence-electron chi connectivity index (χ0n) is 16.2. The normalized spacial score (nSPS) is 12.0. The Morgan fingerprint density at radius 3 is 2.00 bits per heavy atom. The Balaban J connectivity index is 1.58. The van der Waals surface area contributed by atoms with Crippen LogP contribution in [-0.2, 0) is 0 Å². The molecule has 4 rings (SSSR count). The molecule has 2 heterocycles. The van der Waals surface area contributed by atoms with Crippen LogP contribution in [0.4, 0.5) is 0 Å². The summed E-state index contributed by atoms with van der Waals surface area (Å²) in [4.78, 5) is 46.1. The minimum atomic E-state index is -0.495. The van der Waals surface area contributed by atoms with E-state index >= 15 is 0 Å². The van der Waals surface area contributed by atoms with E-state index in [0.717, 1.165) is 5.56 Å². The van der Waals surface area contributed by atoms with Crippen LogP contribution in [0.1, 0.15) is 21.6 Å². The van der Waals surface area contributed by atoms with Gasteiger partial charge in [0.15, 0.2) is 0 Å². The monoisotopic (exact) mass is 411 g/mol. The van der Waals surface area contributed by atoms with Gasteiger partial charge in [-0.25, -0.2) is 4.79 Å². The van der Waals surface area contributed by atoms with E-state index in [-0.39, 0.29) is 16.4 Å². The molecule has 0 unspecified atom stereocenters. The molecule has 0 aliphatic rings. The fourth-order valence-corrected chi connectivity index (χ4v) is 2.84. The largest absolute Gasteiger partial charge is 0.421 e. The summed E-state index contributed by atoms with van der Waals surface area (Å²) in [5, 5.41) is 0.223. The van der Waals surface area contributed by atoms with Gasteiger partial charge in [-0.3, -0.25) is 14.6 Å². The van der Waals surface area contributed by atoms with Crippen molar-refractivity contribution in [2.24, 2.45) is 0 Å². The van der Waals surface area contributed by atoms with E-state index in [2.05, 4.69) is 15.0 Å². The van der Waals surface area contributed by atoms with Crippen molar-refractivity contribution < 1.29 is 9.53 Å². The number of esters is 1. The predicted octanol–water partition coefficient (Wildman–Crippen LogP) is 1.33. The van der Waals surface area contributed by atoms with E-state index in [1.807, 2.05) is 30.3 Å². The standard InChI is InChI=1S/C24H17N3O4/c28-22-20(13-16-7-3-1-4-8-16)26-23(29)21(27-22)14-18-11-12-19(15-25-18)31-24(30)17-9-5-2-6-10-17/h1-15H,(H,26,29)(H,27,28)/b20-13+,21-14+. The zero-order valence-corrected chi connectivity index (χ0v) is 16.2. The van der Waals surface area contributed by atoms with Crippen LogP contribution in [0.3, 0.4) is 0 Å². The summed E-state index contributed by atoms with van der Waals surface area (Å²) >= 11 is 0. The van der Waals surface area contributed by atoms with Crippen molar-refractivity contribution in [2.75, 3.05) is 0 Å². The highest BCUT2D eigenvalue weighted by Crippen LogP contribution is 2.12. The van der Waals surface area contributed by atoms with Crippen LogP contribution in [0, 0.1) is 0 Å². The number of carbonyl (C=O) groups is 1. The Bertz CT molecular complexity index is 1440. The molecule has 0 aliphatic carbocycles. The lowest BCUT2D eigenvalue weighted by atomic mass is 10.2. The Kier molecular flexibility index (Phi) is 5.66. The fourth-order valence-electron chi connectivity index (χ4n) is 2.84. The second-order valence-corrected chi connectivity index (χ2v) is 6.61. The van der Waals surface area contributed by atoms with Gasteiger partial charge in [0, 0.05) is 0 Å². The number of nitrogens with one attached hydrogen (secondary N) is 2. The molecule has 2 N–H and O–H groups in total. The molecule has 0 saturated heterocycles. The van der Waals surface area contributed by atoms with E-state index in [9.17, 15) is 14.4 Å². The number of rotatable bonds is 4. The average Bonchev–Trinajstić information content (AvgIpc) is 2.80. The van der Waals surface area contributed by atoms with Gasteiger partial charge < -0.3 is 14.7 Å². The SMILES string of the molecule is O=C(Oc1ccc(/C=c2/[nH]c(=O)/c(=C\c3ccccc3)[nH]c2=O)nc1)c1ccccc1. The van der Waals surface area contributed by atoms with Crippen molar-refractivity contribution in [1.29, 1.82) is 0 Å². The molecule has 0 spiro atoms. The van der Waals surface area contributed by atoms with Gasteiger partial charge >= 0.3 is 5.97 Å².